The summed E-state index contributed by atoms with van der Waals surface area (Å²) in [7, 11) is 1.70. The van der Waals surface area contributed by atoms with E-state index >= 15 is 0 Å². The van der Waals surface area contributed by atoms with Crippen molar-refractivity contribution in [3.05, 3.63) is 65.2 Å². The second-order valence-electron chi connectivity index (χ2n) is 5.17. The summed E-state index contributed by atoms with van der Waals surface area (Å²) in [6.07, 6.45) is 2.25. The zero-order valence-corrected chi connectivity index (χ0v) is 11.1. The van der Waals surface area contributed by atoms with Crippen LogP contribution in [0.4, 0.5) is 0 Å². The highest BCUT2D eigenvalue weighted by atomic mass is 16.5. The van der Waals surface area contributed by atoms with Crippen LogP contribution < -0.4 is 4.74 Å². The molecule has 0 spiro atoms. The van der Waals surface area contributed by atoms with E-state index in [2.05, 4.69) is 6.07 Å². The second-order valence-corrected chi connectivity index (χ2v) is 5.17. The first-order valence-electron chi connectivity index (χ1n) is 6.65. The van der Waals surface area contributed by atoms with Gasteiger partial charge in [0, 0.05) is 6.42 Å². The summed E-state index contributed by atoms with van der Waals surface area (Å²) in [6, 6.07) is 16.0. The molecule has 1 atom stereocenters. The molecule has 0 fully saturated rings. The predicted molar refractivity (Wildman–Crippen MR) is 75.4 cm³/mol. The van der Waals surface area contributed by atoms with E-state index in [4.69, 9.17) is 4.74 Å². The number of rotatable bonds is 2. The summed E-state index contributed by atoms with van der Waals surface area (Å²) in [6.45, 7) is 0. The minimum Gasteiger partial charge on any atom is -0.496 e. The Balaban J connectivity index is 1.98. The zero-order valence-electron chi connectivity index (χ0n) is 11.1. The van der Waals surface area contributed by atoms with Crippen molar-refractivity contribution in [3.63, 3.8) is 0 Å². The Labute approximate surface area is 113 Å². The molecular formula is C17H18O2. The van der Waals surface area contributed by atoms with Gasteiger partial charge in [-0.3, -0.25) is 0 Å². The third-order valence-corrected chi connectivity index (χ3v) is 4.03. The van der Waals surface area contributed by atoms with Gasteiger partial charge in [-0.1, -0.05) is 42.5 Å². The fourth-order valence-electron chi connectivity index (χ4n) is 2.98. The average molecular weight is 254 g/mol. The highest BCUT2D eigenvalue weighted by Gasteiger charge is 2.34. The molecule has 1 aliphatic rings. The molecule has 3 rings (SSSR count). The molecule has 0 saturated carbocycles. The van der Waals surface area contributed by atoms with Gasteiger partial charge in [-0.15, -0.1) is 0 Å². The minimum atomic E-state index is -0.749. The molecule has 0 unspecified atom stereocenters. The molecule has 2 heteroatoms. The summed E-state index contributed by atoms with van der Waals surface area (Å²) in [5.41, 5.74) is 2.69. The highest BCUT2D eigenvalue weighted by molar-refractivity contribution is 5.44. The molecule has 0 heterocycles. The fourth-order valence-corrected chi connectivity index (χ4v) is 2.98. The van der Waals surface area contributed by atoms with Gasteiger partial charge in [-0.25, -0.2) is 0 Å². The molecule has 2 aromatic rings. The quantitative estimate of drug-likeness (QED) is 0.892. The number of methoxy groups -OCH3 is 1. The molecule has 1 N–H and O–H groups in total. The van der Waals surface area contributed by atoms with Gasteiger partial charge in [0.25, 0.3) is 0 Å². The first kappa shape index (κ1) is 12.2. The van der Waals surface area contributed by atoms with Crippen molar-refractivity contribution in [2.24, 2.45) is 0 Å². The van der Waals surface area contributed by atoms with Crippen LogP contribution in [0.5, 0.6) is 5.75 Å². The average Bonchev–Trinajstić information content (AvgIpc) is 2.47. The van der Waals surface area contributed by atoms with Gasteiger partial charge in [-0.2, -0.15) is 0 Å². The molecule has 0 radical (unpaired) electrons. The van der Waals surface area contributed by atoms with E-state index in [9.17, 15) is 5.11 Å². The van der Waals surface area contributed by atoms with Crippen molar-refractivity contribution >= 4 is 0 Å². The van der Waals surface area contributed by atoms with E-state index in [0.717, 1.165) is 24.2 Å². The minimum absolute atomic E-state index is 0.656. The van der Waals surface area contributed by atoms with Gasteiger partial charge in [0.15, 0.2) is 0 Å². The number of ether oxygens (including phenoxy) is 1. The van der Waals surface area contributed by atoms with Crippen molar-refractivity contribution in [1.82, 2.24) is 0 Å². The normalized spacial score (nSPS) is 21.8. The van der Waals surface area contributed by atoms with Gasteiger partial charge in [0.2, 0.25) is 0 Å². The number of hydrogen-bond donors (Lipinski definition) is 1. The Morgan fingerprint density at radius 3 is 2.58 bits per heavy atom. The maximum atomic E-state index is 10.9. The van der Waals surface area contributed by atoms with Crippen LogP contribution in [-0.2, 0) is 18.4 Å². The third-order valence-electron chi connectivity index (χ3n) is 4.03. The van der Waals surface area contributed by atoms with E-state index in [-0.39, 0.29) is 0 Å². The van der Waals surface area contributed by atoms with Crippen LogP contribution in [0.25, 0.3) is 0 Å². The number of aliphatic hydroxyl groups is 1. The van der Waals surface area contributed by atoms with Gasteiger partial charge < -0.3 is 9.84 Å². The molecule has 0 saturated heterocycles. The number of benzene rings is 2. The van der Waals surface area contributed by atoms with Crippen molar-refractivity contribution < 1.29 is 9.84 Å². The van der Waals surface area contributed by atoms with Crippen LogP contribution in [0.1, 0.15) is 23.1 Å². The lowest BCUT2D eigenvalue weighted by Crippen LogP contribution is -2.33. The largest absolute Gasteiger partial charge is 0.496 e. The van der Waals surface area contributed by atoms with Crippen LogP contribution in [0.3, 0.4) is 0 Å². The Bertz CT molecular complexity index is 577. The van der Waals surface area contributed by atoms with Gasteiger partial charge >= 0.3 is 0 Å². The molecule has 98 valence electrons. The molecule has 19 heavy (non-hydrogen) atoms. The summed E-state index contributed by atoms with van der Waals surface area (Å²) < 4.78 is 5.40. The standard InChI is InChI=1S/C17H18O2/c1-19-16-9-5-6-13-12-17(18,11-10-15(13)16)14-7-3-2-4-8-14/h2-9,18H,10-12H2,1H3/t17-/m0/s1. The fraction of sp³-hybridized carbons (Fsp3) is 0.294. The highest BCUT2D eigenvalue weighted by Crippen LogP contribution is 2.39. The molecule has 2 nitrogen and oxygen atoms in total. The van der Waals surface area contributed by atoms with E-state index in [1.54, 1.807) is 7.11 Å². The summed E-state index contributed by atoms with van der Waals surface area (Å²) in [4.78, 5) is 0. The SMILES string of the molecule is COc1cccc2c1CC[C@@](O)(c1ccccc1)C2. The second kappa shape index (κ2) is 4.71. The lowest BCUT2D eigenvalue weighted by atomic mass is 9.76. The summed E-state index contributed by atoms with van der Waals surface area (Å²) in [5, 5.41) is 10.9. The lowest BCUT2D eigenvalue weighted by Gasteiger charge is -2.34. The Hall–Kier alpha value is -1.80. The first-order chi connectivity index (χ1) is 9.23. The Kier molecular flexibility index (Phi) is 3.03. The van der Waals surface area contributed by atoms with Crippen molar-refractivity contribution in [2.75, 3.05) is 7.11 Å². The van der Waals surface area contributed by atoms with E-state index < -0.39 is 5.60 Å². The topological polar surface area (TPSA) is 29.5 Å². The van der Waals surface area contributed by atoms with Gasteiger partial charge in [0.05, 0.1) is 12.7 Å². The Morgan fingerprint density at radius 2 is 1.84 bits per heavy atom. The monoisotopic (exact) mass is 254 g/mol. The molecule has 0 aliphatic heterocycles. The zero-order chi connectivity index (χ0) is 13.3. The van der Waals surface area contributed by atoms with Gasteiger partial charge in [-0.05, 0) is 35.6 Å². The summed E-state index contributed by atoms with van der Waals surface area (Å²) >= 11 is 0. The number of hydrogen-bond acceptors (Lipinski definition) is 2. The van der Waals surface area contributed by atoms with Crippen LogP contribution in [0, 0.1) is 0 Å². The maximum Gasteiger partial charge on any atom is 0.122 e. The van der Waals surface area contributed by atoms with Gasteiger partial charge in [0.1, 0.15) is 5.75 Å². The molecule has 2 aromatic carbocycles. The lowest BCUT2D eigenvalue weighted by molar-refractivity contribution is 0.0219. The molecule has 0 bridgehead atoms. The van der Waals surface area contributed by atoms with Crippen LogP contribution >= 0.6 is 0 Å². The molecule has 0 amide bonds. The maximum absolute atomic E-state index is 10.9. The molecular weight excluding hydrogens is 236 g/mol. The smallest absolute Gasteiger partial charge is 0.122 e. The van der Waals surface area contributed by atoms with Crippen molar-refractivity contribution in [1.29, 1.82) is 0 Å². The van der Waals surface area contributed by atoms with E-state index in [1.165, 1.54) is 11.1 Å². The third kappa shape index (κ3) is 2.13. The van der Waals surface area contributed by atoms with Crippen LogP contribution in [0.15, 0.2) is 48.5 Å². The predicted octanol–water partition coefficient (Wildman–Crippen LogP) is 3.07. The van der Waals surface area contributed by atoms with Crippen LogP contribution in [0.2, 0.25) is 0 Å². The Morgan fingerprint density at radius 1 is 1.05 bits per heavy atom. The summed E-state index contributed by atoms with van der Waals surface area (Å²) in [5.74, 6) is 0.938. The molecule has 0 aromatic heterocycles. The molecule has 1 aliphatic carbocycles. The van der Waals surface area contributed by atoms with E-state index in [1.807, 2.05) is 42.5 Å². The number of fused-ring (bicyclic) bond motifs is 1. The van der Waals surface area contributed by atoms with E-state index in [0.29, 0.717) is 6.42 Å². The van der Waals surface area contributed by atoms with Crippen molar-refractivity contribution in [3.8, 4) is 5.75 Å². The van der Waals surface area contributed by atoms with Crippen LogP contribution in [-0.4, -0.2) is 12.2 Å². The first-order valence-corrected chi connectivity index (χ1v) is 6.65. The van der Waals surface area contributed by atoms with Crippen molar-refractivity contribution in [2.45, 2.75) is 24.9 Å².